The van der Waals surface area contributed by atoms with Crippen LogP contribution in [0, 0.1) is 6.92 Å². The second-order valence-electron chi connectivity index (χ2n) is 8.07. The first kappa shape index (κ1) is 21.5. The van der Waals surface area contributed by atoms with Crippen molar-refractivity contribution in [3.63, 3.8) is 0 Å². The van der Waals surface area contributed by atoms with Crippen LogP contribution in [0.4, 0.5) is 5.00 Å². The summed E-state index contributed by atoms with van der Waals surface area (Å²) in [6.45, 7) is 1.53. The molecule has 0 aliphatic heterocycles. The molecule has 33 heavy (non-hydrogen) atoms. The molecule has 2 amide bonds. The van der Waals surface area contributed by atoms with Gasteiger partial charge >= 0.3 is 0 Å². The van der Waals surface area contributed by atoms with Crippen LogP contribution in [0.5, 0.6) is 0 Å². The molecule has 1 aliphatic carbocycles. The number of hydrogen-bond acceptors (Lipinski definition) is 6. The zero-order valence-electron chi connectivity index (χ0n) is 18.0. The summed E-state index contributed by atoms with van der Waals surface area (Å²) in [5.74, 6) is -0.460. The number of carbonyl (C=O) groups is 2. The highest BCUT2D eigenvalue weighted by atomic mass is 32.1. The molecular weight excluding hydrogens is 456 g/mol. The fourth-order valence-electron chi connectivity index (χ4n) is 4.27. The number of rotatable bonds is 5. The maximum Gasteiger partial charge on any atom is 0.262 e. The summed E-state index contributed by atoms with van der Waals surface area (Å²) in [4.78, 5) is 45.4. The van der Waals surface area contributed by atoms with E-state index in [2.05, 4.69) is 10.3 Å². The van der Waals surface area contributed by atoms with Gasteiger partial charge in [-0.05, 0) is 49.8 Å². The van der Waals surface area contributed by atoms with E-state index in [1.165, 1.54) is 27.2 Å². The van der Waals surface area contributed by atoms with E-state index >= 15 is 0 Å². The predicted molar refractivity (Wildman–Crippen MR) is 132 cm³/mol. The zero-order valence-corrected chi connectivity index (χ0v) is 19.6. The number of aromatic nitrogens is 2. The summed E-state index contributed by atoms with van der Waals surface area (Å²) in [6, 6.07) is 11.6. The first-order valence-electron chi connectivity index (χ1n) is 10.7. The zero-order chi connectivity index (χ0) is 23.1. The molecule has 3 aromatic heterocycles. The molecule has 0 saturated carbocycles. The van der Waals surface area contributed by atoms with Gasteiger partial charge in [-0.1, -0.05) is 30.3 Å². The molecular formula is C24H22N4O3S2. The lowest BCUT2D eigenvalue weighted by molar-refractivity contribution is -0.116. The molecule has 0 unspecified atom stereocenters. The predicted octanol–water partition coefficient (Wildman–Crippen LogP) is 4.11. The Balaban J connectivity index is 1.45. The number of nitrogens with two attached hydrogens (primary N) is 1. The molecule has 3 heterocycles. The van der Waals surface area contributed by atoms with Crippen LogP contribution in [-0.4, -0.2) is 21.4 Å². The summed E-state index contributed by atoms with van der Waals surface area (Å²) in [7, 11) is 0. The van der Waals surface area contributed by atoms with Crippen LogP contribution >= 0.6 is 22.7 Å². The van der Waals surface area contributed by atoms with E-state index < -0.39 is 5.91 Å². The molecule has 3 N–H and O–H groups in total. The van der Waals surface area contributed by atoms with Gasteiger partial charge in [-0.15, -0.1) is 22.7 Å². The molecule has 0 saturated heterocycles. The van der Waals surface area contributed by atoms with E-state index in [-0.39, 0.29) is 18.0 Å². The summed E-state index contributed by atoms with van der Waals surface area (Å²) >= 11 is 2.86. The van der Waals surface area contributed by atoms with E-state index in [0.717, 1.165) is 46.6 Å². The average Bonchev–Trinajstić information content (AvgIpc) is 3.38. The SMILES string of the molecule is Cc1nc2sc(-c3ccccc3)cc2c(=O)n1CC(=O)Nc1sc2c(c1C(N)=O)CCCC2. The maximum atomic E-state index is 13.2. The van der Waals surface area contributed by atoms with Gasteiger partial charge in [-0.25, -0.2) is 4.98 Å². The van der Waals surface area contributed by atoms with Crippen molar-refractivity contribution in [1.82, 2.24) is 9.55 Å². The summed E-state index contributed by atoms with van der Waals surface area (Å²) in [5.41, 5.74) is 7.75. The Bertz CT molecular complexity index is 1450. The van der Waals surface area contributed by atoms with Gasteiger partial charge in [0.15, 0.2) is 0 Å². The fourth-order valence-corrected chi connectivity index (χ4v) is 6.66. The molecule has 4 aromatic rings. The number of primary amides is 1. The van der Waals surface area contributed by atoms with Crippen molar-refractivity contribution in [3.8, 4) is 10.4 Å². The van der Waals surface area contributed by atoms with E-state index in [4.69, 9.17) is 5.73 Å². The van der Waals surface area contributed by atoms with Gasteiger partial charge in [0, 0.05) is 9.75 Å². The standard InChI is InChI=1S/C24H22N4O3S2/c1-13-26-22-16(11-18(33-22)14-7-3-2-4-8-14)24(31)28(13)12-19(29)27-23-20(21(25)30)15-9-5-6-10-17(15)32-23/h2-4,7-8,11H,5-6,9-10,12H2,1H3,(H2,25,30)(H,27,29). The first-order chi connectivity index (χ1) is 15.9. The highest BCUT2D eigenvalue weighted by Gasteiger charge is 2.25. The number of nitrogens with one attached hydrogen (secondary N) is 1. The molecule has 0 atom stereocenters. The summed E-state index contributed by atoms with van der Waals surface area (Å²) < 4.78 is 1.37. The van der Waals surface area contributed by atoms with Crippen molar-refractivity contribution in [2.24, 2.45) is 5.73 Å². The third-order valence-corrected chi connectivity index (χ3v) is 8.16. The number of benzene rings is 1. The number of nitrogens with zero attached hydrogens (tertiary/aromatic N) is 2. The quantitative estimate of drug-likeness (QED) is 0.450. The highest BCUT2D eigenvalue weighted by molar-refractivity contribution is 7.21. The monoisotopic (exact) mass is 478 g/mol. The number of amides is 2. The minimum atomic E-state index is -0.534. The Morgan fingerprint density at radius 3 is 2.67 bits per heavy atom. The maximum absolute atomic E-state index is 13.2. The largest absolute Gasteiger partial charge is 0.365 e. The summed E-state index contributed by atoms with van der Waals surface area (Å²) in [6.07, 6.45) is 3.74. The van der Waals surface area contributed by atoms with Gasteiger partial charge in [0.1, 0.15) is 22.2 Å². The Hall–Kier alpha value is -3.30. The van der Waals surface area contributed by atoms with Crippen molar-refractivity contribution < 1.29 is 9.59 Å². The molecule has 0 spiro atoms. The smallest absolute Gasteiger partial charge is 0.262 e. The Morgan fingerprint density at radius 2 is 1.91 bits per heavy atom. The molecule has 168 valence electrons. The lowest BCUT2D eigenvalue weighted by Gasteiger charge is -2.11. The number of carbonyl (C=O) groups excluding carboxylic acids is 2. The summed E-state index contributed by atoms with van der Waals surface area (Å²) in [5, 5.41) is 3.79. The number of fused-ring (bicyclic) bond motifs is 2. The molecule has 1 aliphatic rings. The van der Waals surface area contributed by atoms with Gasteiger partial charge in [-0.3, -0.25) is 19.0 Å². The second-order valence-corrected chi connectivity index (χ2v) is 10.2. The Morgan fingerprint density at radius 1 is 1.15 bits per heavy atom. The number of anilines is 1. The Labute approximate surface area is 197 Å². The lowest BCUT2D eigenvalue weighted by atomic mass is 9.95. The van der Waals surface area contributed by atoms with Crippen molar-refractivity contribution in [2.75, 3.05) is 5.32 Å². The van der Waals surface area contributed by atoms with Gasteiger partial charge in [-0.2, -0.15) is 0 Å². The topological polar surface area (TPSA) is 107 Å². The van der Waals surface area contributed by atoms with E-state index in [0.29, 0.717) is 26.6 Å². The average molecular weight is 479 g/mol. The van der Waals surface area contributed by atoms with Gasteiger partial charge in [0.2, 0.25) is 5.91 Å². The van der Waals surface area contributed by atoms with Crippen LogP contribution in [0.1, 0.15) is 39.5 Å². The number of hydrogen-bond donors (Lipinski definition) is 2. The number of thiophene rings is 2. The molecule has 0 bridgehead atoms. The highest BCUT2D eigenvalue weighted by Crippen LogP contribution is 2.38. The van der Waals surface area contributed by atoms with Crippen LogP contribution in [-0.2, 0) is 24.2 Å². The molecule has 7 nitrogen and oxygen atoms in total. The van der Waals surface area contributed by atoms with E-state index in [1.54, 1.807) is 6.92 Å². The second kappa shape index (κ2) is 8.57. The molecule has 5 rings (SSSR count). The van der Waals surface area contributed by atoms with E-state index in [9.17, 15) is 14.4 Å². The van der Waals surface area contributed by atoms with Crippen LogP contribution in [0.3, 0.4) is 0 Å². The van der Waals surface area contributed by atoms with Crippen LogP contribution < -0.4 is 16.6 Å². The van der Waals surface area contributed by atoms with Crippen molar-refractivity contribution in [1.29, 1.82) is 0 Å². The molecule has 1 aromatic carbocycles. The van der Waals surface area contributed by atoms with Gasteiger partial charge in [0.05, 0.1) is 10.9 Å². The third-order valence-electron chi connectivity index (χ3n) is 5.87. The lowest BCUT2D eigenvalue weighted by Crippen LogP contribution is -2.30. The van der Waals surface area contributed by atoms with Crippen molar-refractivity contribution in [3.05, 3.63) is 68.6 Å². The van der Waals surface area contributed by atoms with Crippen molar-refractivity contribution >= 4 is 49.7 Å². The van der Waals surface area contributed by atoms with E-state index in [1.807, 2.05) is 36.4 Å². The Kier molecular flexibility index (Phi) is 5.59. The molecule has 0 radical (unpaired) electrons. The van der Waals surface area contributed by atoms with Crippen LogP contribution in [0.25, 0.3) is 20.7 Å². The molecule has 9 heteroatoms. The minimum Gasteiger partial charge on any atom is -0.365 e. The van der Waals surface area contributed by atoms with Crippen LogP contribution in [0.15, 0.2) is 41.2 Å². The first-order valence-corrected chi connectivity index (χ1v) is 12.4. The fraction of sp³-hybridized carbons (Fsp3) is 0.250. The van der Waals surface area contributed by atoms with Gasteiger partial charge in [0.25, 0.3) is 11.5 Å². The van der Waals surface area contributed by atoms with Gasteiger partial charge < -0.3 is 11.1 Å². The van der Waals surface area contributed by atoms with Crippen molar-refractivity contribution in [2.45, 2.75) is 39.2 Å². The third kappa shape index (κ3) is 3.98. The normalized spacial score (nSPS) is 13.1. The number of aryl methyl sites for hydroxylation is 2. The van der Waals surface area contributed by atoms with Crippen LogP contribution in [0.2, 0.25) is 0 Å². The molecule has 0 fully saturated rings. The minimum absolute atomic E-state index is 0.190.